The Hall–Kier alpha value is -2.63. The Morgan fingerprint density at radius 1 is 1.29 bits per heavy atom. The van der Waals surface area contributed by atoms with E-state index in [4.69, 9.17) is 9.63 Å². The number of nitrogens with one attached hydrogen (secondary N) is 1. The van der Waals surface area contributed by atoms with Crippen molar-refractivity contribution in [2.24, 2.45) is 5.41 Å². The highest BCUT2D eigenvalue weighted by Crippen LogP contribution is 2.46. The summed E-state index contributed by atoms with van der Waals surface area (Å²) in [5, 5.41) is 15.6. The second-order valence-corrected chi connectivity index (χ2v) is 5.11. The van der Waals surface area contributed by atoms with E-state index in [0.29, 0.717) is 24.3 Å². The standard InChI is InChI=1S/C15H14N2O4/c18-13(15(6-7-15)14(19)20)16-9-11-8-12(17-21-11)10-4-2-1-3-5-10/h1-5,8H,6-7,9H2,(H,16,18)(H,19,20). The first-order valence-electron chi connectivity index (χ1n) is 6.64. The summed E-state index contributed by atoms with van der Waals surface area (Å²) in [7, 11) is 0. The summed E-state index contributed by atoms with van der Waals surface area (Å²) in [4.78, 5) is 22.9. The number of aliphatic carboxylic acids is 1. The molecule has 1 fully saturated rings. The van der Waals surface area contributed by atoms with Gasteiger partial charge in [0, 0.05) is 11.6 Å². The zero-order valence-electron chi connectivity index (χ0n) is 11.2. The van der Waals surface area contributed by atoms with E-state index < -0.39 is 17.3 Å². The van der Waals surface area contributed by atoms with Gasteiger partial charge in [0.2, 0.25) is 5.91 Å². The van der Waals surface area contributed by atoms with Gasteiger partial charge in [-0.25, -0.2) is 0 Å². The van der Waals surface area contributed by atoms with Gasteiger partial charge in [-0.05, 0) is 12.8 Å². The SMILES string of the molecule is O=C(O)C1(C(=O)NCc2cc(-c3ccccc3)no2)CC1. The van der Waals surface area contributed by atoms with Crippen LogP contribution < -0.4 is 5.32 Å². The van der Waals surface area contributed by atoms with E-state index in [1.807, 2.05) is 30.3 Å². The number of nitrogens with zero attached hydrogens (tertiary/aromatic N) is 1. The molecule has 21 heavy (non-hydrogen) atoms. The summed E-state index contributed by atoms with van der Waals surface area (Å²) in [6, 6.07) is 11.2. The predicted octanol–water partition coefficient (Wildman–Crippen LogP) is 1.82. The molecule has 6 nitrogen and oxygen atoms in total. The van der Waals surface area contributed by atoms with E-state index in [1.165, 1.54) is 0 Å². The molecule has 2 N–H and O–H groups in total. The maximum atomic E-state index is 11.9. The molecule has 1 aromatic heterocycles. The van der Waals surface area contributed by atoms with Crippen molar-refractivity contribution in [1.29, 1.82) is 0 Å². The molecular formula is C15H14N2O4. The molecule has 108 valence electrons. The van der Waals surface area contributed by atoms with Gasteiger partial charge in [-0.1, -0.05) is 35.5 Å². The molecule has 0 radical (unpaired) electrons. The number of hydrogen-bond donors (Lipinski definition) is 2. The Morgan fingerprint density at radius 2 is 2.00 bits per heavy atom. The van der Waals surface area contributed by atoms with Gasteiger partial charge in [-0.15, -0.1) is 0 Å². The van der Waals surface area contributed by atoms with Gasteiger partial charge >= 0.3 is 5.97 Å². The predicted molar refractivity (Wildman–Crippen MR) is 73.1 cm³/mol. The third-order valence-corrected chi connectivity index (χ3v) is 3.65. The van der Waals surface area contributed by atoms with E-state index >= 15 is 0 Å². The van der Waals surface area contributed by atoms with Gasteiger partial charge in [0.05, 0.1) is 6.54 Å². The molecule has 1 heterocycles. The van der Waals surface area contributed by atoms with Crippen LogP contribution in [0, 0.1) is 5.41 Å². The first kappa shape index (κ1) is 13.4. The molecule has 1 saturated carbocycles. The Bertz CT molecular complexity index is 674. The quantitative estimate of drug-likeness (QED) is 0.818. The topological polar surface area (TPSA) is 92.4 Å². The smallest absolute Gasteiger partial charge is 0.319 e. The van der Waals surface area contributed by atoms with Crippen molar-refractivity contribution in [2.75, 3.05) is 0 Å². The molecule has 2 aromatic rings. The number of carbonyl (C=O) groups is 2. The Morgan fingerprint density at radius 3 is 2.62 bits per heavy atom. The lowest BCUT2D eigenvalue weighted by atomic mass is 10.1. The van der Waals surface area contributed by atoms with E-state index in [9.17, 15) is 9.59 Å². The summed E-state index contributed by atoms with van der Waals surface area (Å²) >= 11 is 0. The fraction of sp³-hybridized carbons (Fsp3) is 0.267. The van der Waals surface area contributed by atoms with Crippen molar-refractivity contribution in [3.63, 3.8) is 0 Å². The minimum Gasteiger partial charge on any atom is -0.480 e. The Kier molecular flexibility index (Phi) is 3.21. The molecule has 1 aliphatic carbocycles. The number of aromatic nitrogens is 1. The van der Waals surface area contributed by atoms with Crippen LogP contribution in [0.5, 0.6) is 0 Å². The van der Waals surface area contributed by atoms with Crippen LogP contribution >= 0.6 is 0 Å². The maximum Gasteiger partial charge on any atom is 0.319 e. The number of amides is 1. The lowest BCUT2D eigenvalue weighted by Gasteiger charge is -2.08. The summed E-state index contributed by atoms with van der Waals surface area (Å²) < 4.78 is 5.15. The van der Waals surface area contributed by atoms with Crippen LogP contribution in [-0.4, -0.2) is 22.1 Å². The van der Waals surface area contributed by atoms with Gasteiger partial charge in [0.1, 0.15) is 11.1 Å². The second kappa shape index (κ2) is 5.05. The van der Waals surface area contributed by atoms with Crippen LogP contribution in [0.3, 0.4) is 0 Å². The minimum absolute atomic E-state index is 0.133. The highest BCUT2D eigenvalue weighted by molar-refractivity contribution is 6.04. The van der Waals surface area contributed by atoms with Crippen LogP contribution in [-0.2, 0) is 16.1 Å². The van der Waals surface area contributed by atoms with Crippen molar-refractivity contribution in [2.45, 2.75) is 19.4 Å². The van der Waals surface area contributed by atoms with Crippen LogP contribution in [0.4, 0.5) is 0 Å². The van der Waals surface area contributed by atoms with Gasteiger partial charge in [0.15, 0.2) is 5.76 Å². The van der Waals surface area contributed by atoms with Crippen molar-refractivity contribution in [3.05, 3.63) is 42.2 Å². The van der Waals surface area contributed by atoms with Gasteiger partial charge in [0.25, 0.3) is 0 Å². The molecule has 1 amide bonds. The van der Waals surface area contributed by atoms with E-state index in [-0.39, 0.29) is 6.54 Å². The van der Waals surface area contributed by atoms with Crippen LogP contribution in [0.25, 0.3) is 11.3 Å². The highest BCUT2D eigenvalue weighted by Gasteiger charge is 2.56. The fourth-order valence-electron chi connectivity index (χ4n) is 2.14. The number of hydrogen-bond acceptors (Lipinski definition) is 4. The number of carboxylic acid groups (broad SMARTS) is 1. The number of rotatable bonds is 5. The van der Waals surface area contributed by atoms with E-state index in [2.05, 4.69) is 10.5 Å². The maximum absolute atomic E-state index is 11.9. The monoisotopic (exact) mass is 286 g/mol. The zero-order chi connectivity index (χ0) is 14.9. The molecule has 6 heteroatoms. The fourth-order valence-corrected chi connectivity index (χ4v) is 2.14. The molecule has 0 spiro atoms. The zero-order valence-corrected chi connectivity index (χ0v) is 11.2. The van der Waals surface area contributed by atoms with Gasteiger partial charge in [-0.2, -0.15) is 0 Å². The lowest BCUT2D eigenvalue weighted by Crippen LogP contribution is -2.36. The normalized spacial score (nSPS) is 15.4. The number of benzene rings is 1. The van der Waals surface area contributed by atoms with Crippen LogP contribution in [0.15, 0.2) is 40.9 Å². The summed E-state index contributed by atoms with van der Waals surface area (Å²) in [5.41, 5.74) is 0.365. The van der Waals surface area contributed by atoms with Crippen molar-refractivity contribution < 1.29 is 19.2 Å². The van der Waals surface area contributed by atoms with Crippen molar-refractivity contribution in [1.82, 2.24) is 10.5 Å². The molecule has 1 aromatic carbocycles. The Balaban J connectivity index is 1.64. The molecule has 0 saturated heterocycles. The molecular weight excluding hydrogens is 272 g/mol. The molecule has 0 aliphatic heterocycles. The van der Waals surface area contributed by atoms with Crippen molar-refractivity contribution >= 4 is 11.9 Å². The minimum atomic E-state index is -1.23. The third kappa shape index (κ3) is 2.52. The Labute approximate surface area is 120 Å². The van der Waals surface area contributed by atoms with E-state index in [1.54, 1.807) is 6.07 Å². The number of carbonyl (C=O) groups excluding carboxylic acids is 1. The molecule has 0 atom stereocenters. The molecule has 3 rings (SSSR count). The first-order chi connectivity index (χ1) is 10.1. The second-order valence-electron chi connectivity index (χ2n) is 5.11. The van der Waals surface area contributed by atoms with Crippen molar-refractivity contribution in [3.8, 4) is 11.3 Å². The van der Waals surface area contributed by atoms with Gasteiger partial charge < -0.3 is 14.9 Å². The van der Waals surface area contributed by atoms with Gasteiger partial charge in [-0.3, -0.25) is 9.59 Å². The van der Waals surface area contributed by atoms with Crippen LogP contribution in [0.2, 0.25) is 0 Å². The molecule has 0 unspecified atom stereocenters. The largest absolute Gasteiger partial charge is 0.480 e. The van der Waals surface area contributed by atoms with Crippen LogP contribution in [0.1, 0.15) is 18.6 Å². The average Bonchev–Trinajstić information content (AvgIpc) is 3.19. The lowest BCUT2D eigenvalue weighted by molar-refractivity contribution is -0.149. The highest BCUT2D eigenvalue weighted by atomic mass is 16.5. The van der Waals surface area contributed by atoms with E-state index in [0.717, 1.165) is 5.56 Å². The summed E-state index contributed by atoms with van der Waals surface area (Å²) in [5.74, 6) is -1.04. The average molecular weight is 286 g/mol. The summed E-state index contributed by atoms with van der Waals surface area (Å²) in [6.07, 6.45) is 0.777. The first-order valence-corrected chi connectivity index (χ1v) is 6.64. The molecule has 1 aliphatic rings. The molecule has 0 bridgehead atoms. The third-order valence-electron chi connectivity index (χ3n) is 3.65. The number of carboxylic acids is 1. The summed E-state index contributed by atoms with van der Waals surface area (Å²) in [6.45, 7) is 0.133.